The van der Waals surface area contributed by atoms with Crippen LogP contribution < -0.4 is 5.19 Å². The van der Waals surface area contributed by atoms with Gasteiger partial charge in [0.1, 0.15) is 0 Å². The summed E-state index contributed by atoms with van der Waals surface area (Å²) in [5.74, 6) is 0. The molecule has 0 nitrogen and oxygen atoms in total. The third kappa shape index (κ3) is 1.58. The molecule has 0 fully saturated rings. The second kappa shape index (κ2) is 4.10. The van der Waals surface area contributed by atoms with Crippen LogP contribution in [0.25, 0.3) is 11.1 Å². The molecule has 0 amide bonds. The minimum absolute atomic E-state index is 0.784. The van der Waals surface area contributed by atoms with E-state index in [1.165, 1.54) is 17.2 Å². The average Bonchev–Trinajstić information content (AvgIpc) is 2.39. The monoisotopic (exact) mass is 252 g/mol. The van der Waals surface area contributed by atoms with Crippen molar-refractivity contribution in [2.45, 2.75) is 32.0 Å². The van der Waals surface area contributed by atoms with E-state index in [0.29, 0.717) is 0 Å². The fourth-order valence-electron chi connectivity index (χ4n) is 3.16. The SMILES string of the molecule is CC(C)[Si]1(C)Cc2ccccc2-c2ccccc21. The summed E-state index contributed by atoms with van der Waals surface area (Å²) < 4.78 is 0. The molecule has 1 heteroatoms. The van der Waals surface area contributed by atoms with Crippen molar-refractivity contribution in [3.05, 3.63) is 54.1 Å². The Kier molecular flexibility index (Phi) is 2.67. The van der Waals surface area contributed by atoms with Crippen LogP contribution in [0, 0.1) is 0 Å². The molecule has 0 N–H and O–H groups in total. The molecule has 1 heterocycles. The molecule has 18 heavy (non-hydrogen) atoms. The third-order valence-corrected chi connectivity index (χ3v) is 10.0. The Hall–Kier alpha value is -1.34. The van der Waals surface area contributed by atoms with E-state index in [-0.39, 0.29) is 0 Å². The van der Waals surface area contributed by atoms with Crippen molar-refractivity contribution < 1.29 is 0 Å². The van der Waals surface area contributed by atoms with Gasteiger partial charge in [0.05, 0.1) is 8.07 Å². The molecule has 2 aromatic carbocycles. The van der Waals surface area contributed by atoms with Crippen LogP contribution in [0.2, 0.25) is 12.1 Å². The lowest BCUT2D eigenvalue weighted by Crippen LogP contribution is -2.52. The van der Waals surface area contributed by atoms with Crippen molar-refractivity contribution >= 4 is 13.3 Å². The fraction of sp³-hybridized carbons (Fsp3) is 0.294. The molecule has 92 valence electrons. The van der Waals surface area contributed by atoms with Crippen LogP contribution in [-0.4, -0.2) is 8.07 Å². The summed E-state index contributed by atoms with van der Waals surface area (Å²) in [4.78, 5) is 0. The molecule has 2 aromatic rings. The summed E-state index contributed by atoms with van der Waals surface area (Å²) in [6.45, 7) is 7.35. The van der Waals surface area contributed by atoms with Crippen LogP contribution in [0.5, 0.6) is 0 Å². The van der Waals surface area contributed by atoms with Gasteiger partial charge in [0.15, 0.2) is 0 Å². The van der Waals surface area contributed by atoms with Crippen LogP contribution in [0.15, 0.2) is 48.5 Å². The van der Waals surface area contributed by atoms with Crippen LogP contribution in [0.3, 0.4) is 0 Å². The van der Waals surface area contributed by atoms with Gasteiger partial charge in [-0.1, -0.05) is 74.1 Å². The zero-order valence-electron chi connectivity index (χ0n) is 11.4. The second-order valence-corrected chi connectivity index (χ2v) is 10.8. The van der Waals surface area contributed by atoms with E-state index in [1.54, 1.807) is 10.8 Å². The lowest BCUT2D eigenvalue weighted by atomic mass is 10.00. The Morgan fingerprint density at radius 1 is 0.889 bits per heavy atom. The van der Waals surface area contributed by atoms with Crippen LogP contribution in [0.1, 0.15) is 19.4 Å². The van der Waals surface area contributed by atoms with Gasteiger partial charge >= 0.3 is 0 Å². The van der Waals surface area contributed by atoms with Crippen molar-refractivity contribution in [2.24, 2.45) is 0 Å². The van der Waals surface area contributed by atoms with Gasteiger partial charge in [0.2, 0.25) is 0 Å². The number of rotatable bonds is 1. The summed E-state index contributed by atoms with van der Waals surface area (Å²) in [6, 6.07) is 19.3. The van der Waals surface area contributed by atoms with Crippen molar-refractivity contribution in [1.82, 2.24) is 0 Å². The first kappa shape index (κ1) is 11.7. The summed E-state index contributed by atoms with van der Waals surface area (Å²) >= 11 is 0. The number of benzene rings is 2. The fourth-order valence-corrected chi connectivity index (χ4v) is 6.79. The molecule has 0 saturated carbocycles. The van der Waals surface area contributed by atoms with Gasteiger partial charge in [-0.3, -0.25) is 0 Å². The maximum absolute atomic E-state index is 2.55. The van der Waals surface area contributed by atoms with Crippen LogP contribution in [0.4, 0.5) is 0 Å². The van der Waals surface area contributed by atoms with E-state index >= 15 is 0 Å². The third-order valence-electron chi connectivity index (χ3n) is 4.68. The van der Waals surface area contributed by atoms with Gasteiger partial charge in [-0.15, -0.1) is 0 Å². The highest BCUT2D eigenvalue weighted by Gasteiger charge is 2.38. The van der Waals surface area contributed by atoms with Crippen molar-refractivity contribution in [3.8, 4) is 11.1 Å². The highest BCUT2D eigenvalue weighted by Crippen LogP contribution is 2.36. The quantitative estimate of drug-likeness (QED) is 0.669. The lowest BCUT2D eigenvalue weighted by Gasteiger charge is -2.38. The van der Waals surface area contributed by atoms with E-state index in [2.05, 4.69) is 68.9 Å². The Morgan fingerprint density at radius 3 is 2.22 bits per heavy atom. The molecule has 0 radical (unpaired) electrons. The number of hydrogen-bond acceptors (Lipinski definition) is 0. The van der Waals surface area contributed by atoms with E-state index in [9.17, 15) is 0 Å². The van der Waals surface area contributed by atoms with E-state index in [0.717, 1.165) is 5.54 Å². The van der Waals surface area contributed by atoms with Crippen LogP contribution >= 0.6 is 0 Å². The predicted molar refractivity (Wildman–Crippen MR) is 81.9 cm³/mol. The van der Waals surface area contributed by atoms with Gasteiger partial charge in [0.25, 0.3) is 0 Å². The maximum atomic E-state index is 2.55. The Balaban J connectivity index is 2.30. The Morgan fingerprint density at radius 2 is 1.50 bits per heavy atom. The summed E-state index contributed by atoms with van der Waals surface area (Å²) in [6.07, 6.45) is 0. The molecule has 3 rings (SSSR count). The van der Waals surface area contributed by atoms with Gasteiger partial charge in [-0.25, -0.2) is 0 Å². The highest BCUT2D eigenvalue weighted by molar-refractivity contribution is 6.92. The summed E-state index contributed by atoms with van der Waals surface area (Å²) in [7, 11) is -1.39. The molecule has 0 aliphatic carbocycles. The molecule has 0 aromatic heterocycles. The number of fused-ring (bicyclic) bond motifs is 3. The normalized spacial score (nSPS) is 21.6. The summed E-state index contributed by atoms with van der Waals surface area (Å²) in [5, 5.41) is 1.65. The minimum Gasteiger partial charge on any atom is -0.0649 e. The minimum atomic E-state index is -1.39. The van der Waals surface area contributed by atoms with Gasteiger partial charge in [0, 0.05) is 0 Å². The van der Waals surface area contributed by atoms with Crippen LogP contribution in [-0.2, 0) is 6.04 Å². The molecule has 0 saturated heterocycles. The van der Waals surface area contributed by atoms with Crippen molar-refractivity contribution in [1.29, 1.82) is 0 Å². The first-order valence-corrected chi connectivity index (χ1v) is 9.59. The Bertz CT molecular complexity index is 586. The topological polar surface area (TPSA) is 0 Å². The molecular weight excluding hydrogens is 232 g/mol. The Labute approximate surface area is 111 Å². The molecule has 1 aliphatic heterocycles. The maximum Gasteiger partial charge on any atom is 0.0913 e. The molecule has 0 spiro atoms. The number of hydrogen-bond donors (Lipinski definition) is 0. The highest BCUT2D eigenvalue weighted by atomic mass is 28.3. The molecule has 1 atom stereocenters. The molecule has 0 bridgehead atoms. The van der Waals surface area contributed by atoms with E-state index in [4.69, 9.17) is 0 Å². The molecular formula is C17H20Si. The smallest absolute Gasteiger partial charge is 0.0649 e. The van der Waals surface area contributed by atoms with Crippen molar-refractivity contribution in [3.63, 3.8) is 0 Å². The standard InChI is InChI=1S/C17H20Si/c1-13(2)18(3)12-14-8-4-5-9-15(14)16-10-6-7-11-17(16)18/h4-11,13H,12H2,1-3H3. The van der Waals surface area contributed by atoms with E-state index in [1.807, 2.05) is 0 Å². The molecule has 1 unspecified atom stereocenters. The van der Waals surface area contributed by atoms with Gasteiger partial charge in [-0.05, 0) is 28.3 Å². The first-order chi connectivity index (χ1) is 8.63. The predicted octanol–water partition coefficient (Wildman–Crippen LogP) is 4.14. The van der Waals surface area contributed by atoms with E-state index < -0.39 is 8.07 Å². The van der Waals surface area contributed by atoms with Crippen molar-refractivity contribution in [2.75, 3.05) is 0 Å². The zero-order valence-corrected chi connectivity index (χ0v) is 12.4. The average molecular weight is 252 g/mol. The van der Waals surface area contributed by atoms with Gasteiger partial charge in [-0.2, -0.15) is 0 Å². The van der Waals surface area contributed by atoms with Gasteiger partial charge < -0.3 is 0 Å². The second-order valence-electron chi connectivity index (χ2n) is 5.95. The zero-order chi connectivity index (χ0) is 12.8. The summed E-state index contributed by atoms with van der Waals surface area (Å²) in [5.41, 5.74) is 5.28. The lowest BCUT2D eigenvalue weighted by molar-refractivity contribution is 0.993. The first-order valence-electron chi connectivity index (χ1n) is 6.81. The largest absolute Gasteiger partial charge is 0.0913 e. The molecule has 1 aliphatic rings.